The minimum absolute atomic E-state index is 0.601. The van der Waals surface area contributed by atoms with Crippen LogP contribution in [0.25, 0.3) is 0 Å². The molecule has 0 unspecified atom stereocenters. The van der Waals surface area contributed by atoms with Gasteiger partial charge >= 0.3 is 0 Å². The van der Waals surface area contributed by atoms with Crippen LogP contribution in [0.4, 0.5) is 0 Å². The zero-order chi connectivity index (χ0) is 8.20. The Hall–Kier alpha value is -0.500. The highest BCUT2D eigenvalue weighted by atomic mass is 16.5. The first-order chi connectivity index (χ1) is 4.52. The number of rotatable bonds is 3. The predicted octanol–water partition coefficient (Wildman–Crippen LogP) is 1.70. The fraction of sp³-hybridized carbons (Fsp3) is 0.750. The van der Waals surface area contributed by atoms with Crippen LogP contribution in [0.5, 0.6) is 0 Å². The van der Waals surface area contributed by atoms with Gasteiger partial charge in [0.1, 0.15) is 11.4 Å². The van der Waals surface area contributed by atoms with Crippen molar-refractivity contribution in [2.45, 2.75) is 33.3 Å². The maximum Gasteiger partial charge on any atom is 0.123 e. The van der Waals surface area contributed by atoms with Gasteiger partial charge in [0.25, 0.3) is 0 Å². The Morgan fingerprint density at radius 3 is 2.20 bits per heavy atom. The smallest absolute Gasteiger partial charge is 0.123 e. The monoisotopic (exact) mass is 144 g/mol. The summed E-state index contributed by atoms with van der Waals surface area (Å²) in [5.41, 5.74) is -0.843. The molecule has 2 nitrogen and oxygen atoms in total. The molecule has 0 aliphatic heterocycles. The fourth-order valence-electron chi connectivity index (χ4n) is 0.769. The van der Waals surface area contributed by atoms with Crippen LogP contribution in [0.2, 0.25) is 0 Å². The molecule has 0 fully saturated rings. The first-order valence-electron chi connectivity index (χ1n) is 3.54. The second kappa shape index (κ2) is 3.62. The van der Waals surface area contributed by atoms with Crippen molar-refractivity contribution < 1.29 is 9.84 Å². The molecule has 0 aromatic rings. The van der Waals surface area contributed by atoms with E-state index in [-0.39, 0.29) is 0 Å². The van der Waals surface area contributed by atoms with Crippen LogP contribution in [0.3, 0.4) is 0 Å². The number of hydrogen-bond acceptors (Lipinski definition) is 2. The molecule has 0 atom stereocenters. The summed E-state index contributed by atoms with van der Waals surface area (Å²) in [4.78, 5) is 0. The molecule has 60 valence electrons. The lowest BCUT2D eigenvalue weighted by Crippen LogP contribution is -2.23. The van der Waals surface area contributed by atoms with Crippen molar-refractivity contribution in [2.24, 2.45) is 0 Å². The van der Waals surface area contributed by atoms with Gasteiger partial charge in [-0.25, -0.2) is 0 Å². The van der Waals surface area contributed by atoms with Gasteiger partial charge in [-0.15, -0.1) is 0 Å². The van der Waals surface area contributed by atoms with Crippen LogP contribution >= 0.6 is 0 Å². The van der Waals surface area contributed by atoms with E-state index in [9.17, 15) is 5.11 Å². The molecule has 0 radical (unpaired) electrons. The zero-order valence-corrected chi connectivity index (χ0v) is 7.14. The van der Waals surface area contributed by atoms with Crippen molar-refractivity contribution in [1.29, 1.82) is 0 Å². The second-order valence-electron chi connectivity index (χ2n) is 2.64. The van der Waals surface area contributed by atoms with E-state index >= 15 is 0 Å². The van der Waals surface area contributed by atoms with Crippen LogP contribution < -0.4 is 0 Å². The average molecular weight is 144 g/mol. The highest BCUT2D eigenvalue weighted by Crippen LogP contribution is 2.15. The maximum atomic E-state index is 9.42. The molecule has 0 saturated carbocycles. The van der Waals surface area contributed by atoms with E-state index in [0.29, 0.717) is 12.4 Å². The lowest BCUT2D eigenvalue weighted by Gasteiger charge is -2.20. The molecule has 0 aromatic carbocycles. The molecule has 0 amide bonds. The molecule has 0 saturated heterocycles. The molecule has 0 spiro atoms. The molecule has 0 heterocycles. The Bertz CT molecular complexity index is 120. The summed E-state index contributed by atoms with van der Waals surface area (Å²) in [6.45, 7) is 7.76. The van der Waals surface area contributed by atoms with E-state index in [0.717, 1.165) is 0 Å². The van der Waals surface area contributed by atoms with Gasteiger partial charge < -0.3 is 9.84 Å². The molecule has 0 aliphatic rings. The van der Waals surface area contributed by atoms with Gasteiger partial charge in [0.15, 0.2) is 0 Å². The standard InChI is InChI=1S/C8H16O2/c1-5-7(10-6-2)8(3,4)9/h5,9H,6H2,1-4H3. The van der Waals surface area contributed by atoms with E-state index in [2.05, 4.69) is 0 Å². The average Bonchev–Trinajstić information content (AvgIpc) is 1.80. The maximum absolute atomic E-state index is 9.42. The Morgan fingerprint density at radius 2 is 2.10 bits per heavy atom. The first kappa shape index (κ1) is 9.50. The summed E-state index contributed by atoms with van der Waals surface area (Å²) in [5.74, 6) is 0.634. The van der Waals surface area contributed by atoms with Crippen molar-refractivity contribution in [3.05, 3.63) is 11.8 Å². The Labute approximate surface area is 62.5 Å². The Kier molecular flexibility index (Phi) is 3.43. The summed E-state index contributed by atoms with van der Waals surface area (Å²) >= 11 is 0. The zero-order valence-electron chi connectivity index (χ0n) is 7.14. The topological polar surface area (TPSA) is 29.5 Å². The highest BCUT2D eigenvalue weighted by molar-refractivity contribution is 5.04. The van der Waals surface area contributed by atoms with E-state index < -0.39 is 5.60 Å². The second-order valence-corrected chi connectivity index (χ2v) is 2.64. The van der Waals surface area contributed by atoms with Crippen molar-refractivity contribution >= 4 is 0 Å². The van der Waals surface area contributed by atoms with E-state index in [1.807, 2.05) is 13.8 Å². The van der Waals surface area contributed by atoms with Crippen LogP contribution in [-0.4, -0.2) is 17.3 Å². The summed E-state index contributed by atoms with van der Waals surface area (Å²) in [6.07, 6.45) is 1.78. The lowest BCUT2D eigenvalue weighted by molar-refractivity contribution is 0.0422. The Balaban J connectivity index is 4.10. The van der Waals surface area contributed by atoms with Crippen molar-refractivity contribution in [3.8, 4) is 0 Å². The molecule has 0 aromatic heterocycles. The predicted molar refractivity (Wildman–Crippen MR) is 41.7 cm³/mol. The molecule has 0 rings (SSSR count). The van der Waals surface area contributed by atoms with E-state index in [1.165, 1.54) is 0 Å². The Morgan fingerprint density at radius 1 is 1.60 bits per heavy atom. The lowest BCUT2D eigenvalue weighted by atomic mass is 10.1. The molecule has 1 N–H and O–H groups in total. The normalized spacial score (nSPS) is 13.5. The van der Waals surface area contributed by atoms with Gasteiger partial charge in [-0.1, -0.05) is 0 Å². The first-order valence-corrected chi connectivity index (χ1v) is 3.54. The SMILES string of the molecule is CC=C(OCC)C(C)(C)O. The fourth-order valence-corrected chi connectivity index (χ4v) is 0.769. The quantitative estimate of drug-likeness (QED) is 0.611. The number of aliphatic hydroxyl groups is 1. The van der Waals surface area contributed by atoms with Crippen LogP contribution in [0.15, 0.2) is 11.8 Å². The van der Waals surface area contributed by atoms with E-state index in [4.69, 9.17) is 4.74 Å². The van der Waals surface area contributed by atoms with Gasteiger partial charge in [-0.2, -0.15) is 0 Å². The van der Waals surface area contributed by atoms with Crippen molar-refractivity contribution in [2.75, 3.05) is 6.61 Å². The van der Waals surface area contributed by atoms with Gasteiger partial charge in [0.05, 0.1) is 6.61 Å². The van der Waals surface area contributed by atoms with Crippen LogP contribution in [0.1, 0.15) is 27.7 Å². The largest absolute Gasteiger partial charge is 0.496 e. The molecule has 0 aliphatic carbocycles. The number of allylic oxidation sites excluding steroid dienone is 1. The summed E-state index contributed by atoms with van der Waals surface area (Å²) < 4.78 is 5.17. The van der Waals surface area contributed by atoms with E-state index in [1.54, 1.807) is 19.9 Å². The minimum atomic E-state index is -0.843. The summed E-state index contributed by atoms with van der Waals surface area (Å²) in [6, 6.07) is 0. The number of hydrogen-bond donors (Lipinski definition) is 1. The third-order valence-corrected chi connectivity index (χ3v) is 1.17. The van der Waals surface area contributed by atoms with Crippen LogP contribution in [0, 0.1) is 0 Å². The minimum Gasteiger partial charge on any atom is -0.496 e. The van der Waals surface area contributed by atoms with Crippen LogP contribution in [-0.2, 0) is 4.74 Å². The molecule has 0 bridgehead atoms. The molecular formula is C8H16O2. The summed E-state index contributed by atoms with van der Waals surface area (Å²) in [7, 11) is 0. The van der Waals surface area contributed by atoms with Gasteiger partial charge in [-0.05, 0) is 33.8 Å². The molecule has 2 heteroatoms. The molecule has 10 heavy (non-hydrogen) atoms. The van der Waals surface area contributed by atoms with Gasteiger partial charge in [-0.3, -0.25) is 0 Å². The van der Waals surface area contributed by atoms with Crippen molar-refractivity contribution in [1.82, 2.24) is 0 Å². The highest BCUT2D eigenvalue weighted by Gasteiger charge is 2.19. The third-order valence-electron chi connectivity index (χ3n) is 1.17. The van der Waals surface area contributed by atoms with Gasteiger partial charge in [0, 0.05) is 0 Å². The van der Waals surface area contributed by atoms with Gasteiger partial charge in [0.2, 0.25) is 0 Å². The third kappa shape index (κ3) is 2.87. The number of ether oxygens (including phenoxy) is 1. The summed E-state index contributed by atoms with van der Waals surface area (Å²) in [5, 5.41) is 9.42. The van der Waals surface area contributed by atoms with Crippen molar-refractivity contribution in [3.63, 3.8) is 0 Å². The molecular weight excluding hydrogens is 128 g/mol.